The molecule has 13 heavy (non-hydrogen) atoms. The zero-order chi connectivity index (χ0) is 9.68. The van der Waals surface area contributed by atoms with E-state index < -0.39 is 0 Å². The van der Waals surface area contributed by atoms with Gasteiger partial charge in [0.15, 0.2) is 0 Å². The molecule has 0 fully saturated rings. The molecule has 0 radical (unpaired) electrons. The molecule has 0 aliphatic heterocycles. The molecule has 0 spiro atoms. The van der Waals surface area contributed by atoms with Gasteiger partial charge in [0.25, 0.3) is 0 Å². The first-order chi connectivity index (χ1) is 6.26. The van der Waals surface area contributed by atoms with Crippen molar-refractivity contribution in [2.45, 2.75) is 32.9 Å². The molecular formula is C10H16N2S. The Morgan fingerprint density at radius 1 is 1.77 bits per heavy atom. The lowest BCUT2D eigenvalue weighted by Gasteiger charge is -2.05. The molecule has 1 N–H and O–H groups in total. The summed E-state index contributed by atoms with van der Waals surface area (Å²) >= 11 is 1.78. The van der Waals surface area contributed by atoms with Crippen molar-refractivity contribution in [3.05, 3.63) is 28.7 Å². The second-order valence-corrected chi connectivity index (χ2v) is 4.18. The fraction of sp³-hybridized carbons (Fsp3) is 0.500. The number of rotatable bonds is 5. The molecular weight excluding hydrogens is 180 g/mol. The molecule has 3 heteroatoms. The molecule has 0 bridgehead atoms. The molecule has 0 saturated carbocycles. The Labute approximate surface area is 83.7 Å². The van der Waals surface area contributed by atoms with Crippen LogP contribution in [0.4, 0.5) is 0 Å². The van der Waals surface area contributed by atoms with Crippen molar-refractivity contribution in [3.63, 3.8) is 0 Å². The second kappa shape index (κ2) is 5.14. The number of aryl methyl sites for hydroxylation is 1. The Hall–Kier alpha value is -0.670. The number of hydrogen-bond donors (Lipinski definition) is 1. The van der Waals surface area contributed by atoms with Crippen LogP contribution in [0.2, 0.25) is 0 Å². The summed E-state index contributed by atoms with van der Waals surface area (Å²) in [5, 5.41) is 4.55. The summed E-state index contributed by atoms with van der Waals surface area (Å²) in [5.74, 6) is 0. The van der Waals surface area contributed by atoms with Crippen molar-refractivity contribution in [1.29, 1.82) is 0 Å². The van der Waals surface area contributed by atoms with Gasteiger partial charge in [0.2, 0.25) is 0 Å². The van der Waals surface area contributed by atoms with Crippen molar-refractivity contribution < 1.29 is 0 Å². The van der Waals surface area contributed by atoms with E-state index in [9.17, 15) is 0 Å². The number of aromatic nitrogens is 1. The maximum atomic E-state index is 4.29. The van der Waals surface area contributed by atoms with Crippen LogP contribution in [0.5, 0.6) is 0 Å². The van der Waals surface area contributed by atoms with E-state index in [0.29, 0.717) is 6.04 Å². The average Bonchev–Trinajstić information content (AvgIpc) is 2.61. The predicted molar refractivity (Wildman–Crippen MR) is 58.0 cm³/mol. The lowest BCUT2D eigenvalue weighted by atomic mass is 10.3. The Kier molecular flexibility index (Phi) is 4.12. The zero-order valence-electron chi connectivity index (χ0n) is 8.21. The third kappa shape index (κ3) is 3.28. The molecule has 72 valence electrons. The highest BCUT2D eigenvalue weighted by atomic mass is 32.1. The Bertz CT molecular complexity index is 268. The Morgan fingerprint density at radius 3 is 3.08 bits per heavy atom. The van der Waals surface area contributed by atoms with Crippen LogP contribution in [0.3, 0.4) is 0 Å². The highest BCUT2D eigenvalue weighted by molar-refractivity contribution is 7.11. The topological polar surface area (TPSA) is 24.9 Å². The number of thiazole rings is 1. The molecule has 1 unspecified atom stereocenters. The SMILES string of the molecule is C=CC(C)NCc1cnc(CC)s1. The molecule has 1 aromatic heterocycles. The summed E-state index contributed by atoms with van der Waals surface area (Å²) in [7, 11) is 0. The van der Waals surface area contributed by atoms with Crippen LogP contribution < -0.4 is 5.32 Å². The van der Waals surface area contributed by atoms with Crippen LogP contribution in [0.25, 0.3) is 0 Å². The standard InChI is InChI=1S/C10H16N2S/c1-4-8(3)11-6-9-7-12-10(5-2)13-9/h4,7-8,11H,1,5-6H2,2-3H3. The van der Waals surface area contributed by atoms with E-state index in [-0.39, 0.29) is 0 Å². The molecule has 0 aliphatic rings. The monoisotopic (exact) mass is 196 g/mol. The van der Waals surface area contributed by atoms with Crippen LogP contribution in [0, 0.1) is 0 Å². The minimum atomic E-state index is 0.368. The summed E-state index contributed by atoms with van der Waals surface area (Å²) < 4.78 is 0. The van der Waals surface area contributed by atoms with Crippen LogP contribution in [-0.4, -0.2) is 11.0 Å². The summed E-state index contributed by atoms with van der Waals surface area (Å²) in [6, 6.07) is 0.368. The summed E-state index contributed by atoms with van der Waals surface area (Å²) in [6.07, 6.45) is 4.88. The van der Waals surface area contributed by atoms with Gasteiger partial charge < -0.3 is 5.32 Å². The maximum Gasteiger partial charge on any atom is 0.0925 e. The van der Waals surface area contributed by atoms with Gasteiger partial charge in [0, 0.05) is 23.7 Å². The van der Waals surface area contributed by atoms with Crippen molar-refractivity contribution in [2.75, 3.05) is 0 Å². The number of nitrogens with zero attached hydrogens (tertiary/aromatic N) is 1. The minimum Gasteiger partial charge on any atom is -0.306 e. The first kappa shape index (κ1) is 10.4. The first-order valence-electron chi connectivity index (χ1n) is 4.55. The second-order valence-electron chi connectivity index (χ2n) is 2.98. The van der Waals surface area contributed by atoms with Crippen LogP contribution in [0.1, 0.15) is 23.7 Å². The minimum absolute atomic E-state index is 0.368. The zero-order valence-corrected chi connectivity index (χ0v) is 9.03. The lowest BCUT2D eigenvalue weighted by Crippen LogP contribution is -2.22. The van der Waals surface area contributed by atoms with Crippen LogP contribution in [-0.2, 0) is 13.0 Å². The van der Waals surface area contributed by atoms with Gasteiger partial charge in [0.1, 0.15) is 0 Å². The third-order valence-corrected chi connectivity index (χ3v) is 3.00. The summed E-state index contributed by atoms with van der Waals surface area (Å²) in [6.45, 7) is 8.83. The first-order valence-corrected chi connectivity index (χ1v) is 5.37. The number of hydrogen-bond acceptors (Lipinski definition) is 3. The molecule has 1 atom stereocenters. The third-order valence-electron chi connectivity index (χ3n) is 1.86. The van der Waals surface area contributed by atoms with Crippen molar-refractivity contribution in [3.8, 4) is 0 Å². The highest BCUT2D eigenvalue weighted by Crippen LogP contribution is 2.12. The normalized spacial score (nSPS) is 12.8. The molecule has 1 aromatic rings. The van der Waals surface area contributed by atoms with E-state index in [0.717, 1.165) is 13.0 Å². The van der Waals surface area contributed by atoms with Crippen LogP contribution in [0.15, 0.2) is 18.9 Å². The van der Waals surface area contributed by atoms with Gasteiger partial charge in [-0.15, -0.1) is 17.9 Å². The molecule has 1 heterocycles. The molecule has 0 amide bonds. The number of nitrogens with one attached hydrogen (secondary N) is 1. The summed E-state index contributed by atoms with van der Waals surface area (Å²) in [4.78, 5) is 5.59. The van der Waals surface area contributed by atoms with Gasteiger partial charge in [-0.1, -0.05) is 13.0 Å². The van der Waals surface area contributed by atoms with Crippen LogP contribution >= 0.6 is 11.3 Å². The van der Waals surface area contributed by atoms with Crippen molar-refractivity contribution in [2.24, 2.45) is 0 Å². The van der Waals surface area contributed by atoms with Gasteiger partial charge in [-0.25, -0.2) is 4.98 Å². The lowest BCUT2D eigenvalue weighted by molar-refractivity contribution is 0.639. The highest BCUT2D eigenvalue weighted by Gasteiger charge is 2.00. The Morgan fingerprint density at radius 2 is 2.54 bits per heavy atom. The van der Waals surface area contributed by atoms with E-state index in [2.05, 4.69) is 30.7 Å². The van der Waals surface area contributed by atoms with Gasteiger partial charge in [-0.05, 0) is 13.3 Å². The van der Waals surface area contributed by atoms with Gasteiger partial charge in [0.05, 0.1) is 5.01 Å². The van der Waals surface area contributed by atoms with Crippen molar-refractivity contribution in [1.82, 2.24) is 10.3 Å². The molecule has 1 rings (SSSR count). The maximum absolute atomic E-state index is 4.29. The van der Waals surface area contributed by atoms with Gasteiger partial charge in [-0.3, -0.25) is 0 Å². The predicted octanol–water partition coefficient (Wildman–Crippen LogP) is 2.37. The van der Waals surface area contributed by atoms with E-state index in [4.69, 9.17) is 0 Å². The molecule has 0 saturated heterocycles. The largest absolute Gasteiger partial charge is 0.306 e. The van der Waals surface area contributed by atoms with Gasteiger partial charge in [-0.2, -0.15) is 0 Å². The fourth-order valence-electron chi connectivity index (χ4n) is 0.938. The molecule has 0 aromatic carbocycles. The fourth-order valence-corrected chi connectivity index (χ4v) is 1.75. The van der Waals surface area contributed by atoms with E-state index >= 15 is 0 Å². The molecule has 2 nitrogen and oxygen atoms in total. The summed E-state index contributed by atoms with van der Waals surface area (Å²) in [5.41, 5.74) is 0. The van der Waals surface area contributed by atoms with E-state index in [1.807, 2.05) is 12.3 Å². The quantitative estimate of drug-likeness (QED) is 0.731. The van der Waals surface area contributed by atoms with Crippen molar-refractivity contribution >= 4 is 11.3 Å². The van der Waals surface area contributed by atoms with Gasteiger partial charge >= 0.3 is 0 Å². The smallest absolute Gasteiger partial charge is 0.0925 e. The Balaban J connectivity index is 2.40. The van der Waals surface area contributed by atoms with E-state index in [1.165, 1.54) is 9.88 Å². The van der Waals surface area contributed by atoms with E-state index in [1.54, 1.807) is 11.3 Å². The molecule has 0 aliphatic carbocycles. The average molecular weight is 196 g/mol.